The number of hydrogen-bond acceptors (Lipinski definition) is 2. The van der Waals surface area contributed by atoms with Gasteiger partial charge in [0.25, 0.3) is 0 Å². The predicted molar refractivity (Wildman–Crippen MR) is 77.6 cm³/mol. The molecule has 20 heavy (non-hydrogen) atoms. The van der Waals surface area contributed by atoms with Crippen molar-refractivity contribution in [1.29, 1.82) is 0 Å². The van der Waals surface area contributed by atoms with E-state index in [4.69, 9.17) is 4.74 Å². The Morgan fingerprint density at radius 1 is 1.05 bits per heavy atom. The third-order valence-electron chi connectivity index (χ3n) is 3.06. The van der Waals surface area contributed by atoms with Crippen molar-refractivity contribution in [2.45, 2.75) is 6.42 Å². The fraction of sp³-hybridized carbons (Fsp3) is 0.188. The lowest BCUT2D eigenvalue weighted by atomic mass is 10.2. The van der Waals surface area contributed by atoms with Crippen molar-refractivity contribution in [3.63, 3.8) is 0 Å². The van der Waals surface area contributed by atoms with Gasteiger partial charge >= 0.3 is 0 Å². The standard InChI is InChI=1S/C16H15FN2O/c17-10-3-11-20-13-8-6-12(7-9-13)16-18-14-4-1-2-5-15(14)19-16/h1-2,4-9H,3,10-11H2,(H,18,19). The van der Waals surface area contributed by atoms with Gasteiger partial charge in [0.1, 0.15) is 11.6 Å². The number of aromatic amines is 1. The van der Waals surface area contributed by atoms with Gasteiger partial charge in [0.2, 0.25) is 0 Å². The normalized spacial score (nSPS) is 10.8. The van der Waals surface area contributed by atoms with E-state index in [0.717, 1.165) is 28.2 Å². The first-order chi connectivity index (χ1) is 9.86. The molecule has 0 unspecified atom stereocenters. The molecule has 0 saturated carbocycles. The largest absolute Gasteiger partial charge is 0.493 e. The maximum Gasteiger partial charge on any atom is 0.138 e. The lowest BCUT2D eigenvalue weighted by Gasteiger charge is -2.05. The molecule has 0 aliphatic heterocycles. The number of hydrogen-bond donors (Lipinski definition) is 1. The lowest BCUT2D eigenvalue weighted by Crippen LogP contribution is -1.97. The van der Waals surface area contributed by atoms with Gasteiger partial charge in [-0.3, -0.25) is 4.39 Å². The number of nitrogens with one attached hydrogen (secondary N) is 1. The van der Waals surface area contributed by atoms with E-state index in [-0.39, 0.29) is 6.67 Å². The zero-order valence-corrected chi connectivity index (χ0v) is 11.0. The smallest absolute Gasteiger partial charge is 0.138 e. The van der Waals surface area contributed by atoms with Crippen molar-refractivity contribution in [2.75, 3.05) is 13.3 Å². The van der Waals surface area contributed by atoms with Crippen LogP contribution in [0.3, 0.4) is 0 Å². The summed E-state index contributed by atoms with van der Waals surface area (Å²) in [4.78, 5) is 7.82. The Hall–Kier alpha value is -2.36. The first-order valence-electron chi connectivity index (χ1n) is 6.61. The molecule has 0 atom stereocenters. The first kappa shape index (κ1) is 12.7. The van der Waals surface area contributed by atoms with Crippen molar-refractivity contribution in [1.82, 2.24) is 9.97 Å². The number of fused-ring (bicyclic) bond motifs is 1. The Morgan fingerprint density at radius 3 is 2.60 bits per heavy atom. The number of H-pyrrole nitrogens is 1. The summed E-state index contributed by atoms with van der Waals surface area (Å²) in [6, 6.07) is 15.6. The number of rotatable bonds is 5. The summed E-state index contributed by atoms with van der Waals surface area (Å²) in [7, 11) is 0. The van der Waals surface area contributed by atoms with Gasteiger partial charge in [0, 0.05) is 12.0 Å². The van der Waals surface area contributed by atoms with Crippen molar-refractivity contribution >= 4 is 11.0 Å². The minimum atomic E-state index is -0.350. The molecule has 0 aliphatic rings. The molecule has 1 N–H and O–H groups in total. The SMILES string of the molecule is FCCCOc1ccc(-c2nc3ccccc3[nH]2)cc1. The van der Waals surface area contributed by atoms with Crippen LogP contribution in [0.5, 0.6) is 5.75 Å². The highest BCUT2D eigenvalue weighted by Gasteiger charge is 2.04. The quantitative estimate of drug-likeness (QED) is 0.712. The number of aromatic nitrogens is 2. The third kappa shape index (κ3) is 2.64. The zero-order chi connectivity index (χ0) is 13.8. The van der Waals surface area contributed by atoms with Crippen LogP contribution in [0.4, 0.5) is 4.39 Å². The molecule has 0 radical (unpaired) electrons. The molecule has 1 aromatic heterocycles. The molecule has 102 valence electrons. The summed E-state index contributed by atoms with van der Waals surface area (Å²) in [5.41, 5.74) is 2.97. The van der Waals surface area contributed by atoms with Gasteiger partial charge in [-0.15, -0.1) is 0 Å². The Kier molecular flexibility index (Phi) is 3.63. The number of halogens is 1. The van der Waals surface area contributed by atoms with Crippen LogP contribution in [-0.4, -0.2) is 23.2 Å². The summed E-state index contributed by atoms with van der Waals surface area (Å²) >= 11 is 0. The van der Waals surface area contributed by atoms with E-state index in [0.29, 0.717) is 13.0 Å². The van der Waals surface area contributed by atoms with Crippen LogP contribution in [0.25, 0.3) is 22.4 Å². The summed E-state index contributed by atoms with van der Waals surface area (Å²) in [5.74, 6) is 1.58. The van der Waals surface area contributed by atoms with Crippen molar-refractivity contribution in [2.24, 2.45) is 0 Å². The van der Waals surface area contributed by atoms with Gasteiger partial charge in [-0.1, -0.05) is 12.1 Å². The molecule has 0 bridgehead atoms. The third-order valence-corrected chi connectivity index (χ3v) is 3.06. The number of para-hydroxylation sites is 2. The minimum absolute atomic E-state index is 0.350. The lowest BCUT2D eigenvalue weighted by molar-refractivity contribution is 0.289. The highest BCUT2D eigenvalue weighted by atomic mass is 19.1. The number of ether oxygens (including phenoxy) is 1. The minimum Gasteiger partial charge on any atom is -0.493 e. The van der Waals surface area contributed by atoms with Gasteiger partial charge < -0.3 is 9.72 Å². The number of benzene rings is 2. The monoisotopic (exact) mass is 270 g/mol. The Balaban J connectivity index is 1.79. The molecule has 3 aromatic rings. The molecular formula is C16H15FN2O. The number of alkyl halides is 1. The first-order valence-corrected chi connectivity index (χ1v) is 6.61. The van der Waals surface area contributed by atoms with Crippen LogP contribution in [0, 0.1) is 0 Å². The van der Waals surface area contributed by atoms with E-state index in [1.807, 2.05) is 48.5 Å². The zero-order valence-electron chi connectivity index (χ0n) is 11.0. The van der Waals surface area contributed by atoms with Crippen LogP contribution in [-0.2, 0) is 0 Å². The molecule has 3 rings (SSSR count). The van der Waals surface area contributed by atoms with Crippen molar-refractivity contribution in [3.05, 3.63) is 48.5 Å². The summed E-state index contributed by atoms with van der Waals surface area (Å²) in [5, 5.41) is 0. The van der Waals surface area contributed by atoms with E-state index in [1.165, 1.54) is 0 Å². The molecular weight excluding hydrogens is 255 g/mol. The van der Waals surface area contributed by atoms with Gasteiger partial charge in [-0.2, -0.15) is 0 Å². The van der Waals surface area contributed by atoms with E-state index in [1.54, 1.807) is 0 Å². The predicted octanol–water partition coefficient (Wildman–Crippen LogP) is 3.97. The van der Waals surface area contributed by atoms with Crippen LogP contribution >= 0.6 is 0 Å². The highest BCUT2D eigenvalue weighted by Crippen LogP contribution is 2.22. The second-order valence-corrected chi connectivity index (χ2v) is 4.52. The van der Waals surface area contributed by atoms with Crippen LogP contribution in [0.1, 0.15) is 6.42 Å². The van der Waals surface area contributed by atoms with Crippen LogP contribution in [0.2, 0.25) is 0 Å². The average Bonchev–Trinajstić information content (AvgIpc) is 2.92. The van der Waals surface area contributed by atoms with Crippen molar-refractivity contribution in [3.8, 4) is 17.1 Å². The van der Waals surface area contributed by atoms with Crippen LogP contribution < -0.4 is 4.74 Å². The van der Waals surface area contributed by atoms with Crippen LogP contribution in [0.15, 0.2) is 48.5 Å². The Labute approximate surface area is 116 Å². The van der Waals surface area contributed by atoms with Gasteiger partial charge in [0.15, 0.2) is 0 Å². The molecule has 0 aliphatic carbocycles. The Morgan fingerprint density at radius 2 is 1.85 bits per heavy atom. The molecule has 2 aromatic carbocycles. The molecule has 3 nitrogen and oxygen atoms in total. The topological polar surface area (TPSA) is 37.9 Å². The fourth-order valence-corrected chi connectivity index (χ4v) is 2.04. The van der Waals surface area contributed by atoms with Gasteiger partial charge in [0.05, 0.1) is 24.3 Å². The second kappa shape index (κ2) is 5.74. The van der Waals surface area contributed by atoms with E-state index in [2.05, 4.69) is 9.97 Å². The Bertz CT molecular complexity index is 658. The summed E-state index contributed by atoms with van der Waals surface area (Å²) in [6.45, 7) is 0.0531. The van der Waals surface area contributed by atoms with E-state index < -0.39 is 0 Å². The molecule has 4 heteroatoms. The maximum absolute atomic E-state index is 12.0. The number of nitrogens with zero attached hydrogens (tertiary/aromatic N) is 1. The molecule has 1 heterocycles. The average molecular weight is 270 g/mol. The molecule has 0 saturated heterocycles. The molecule has 0 spiro atoms. The van der Waals surface area contributed by atoms with E-state index >= 15 is 0 Å². The van der Waals surface area contributed by atoms with Crippen molar-refractivity contribution < 1.29 is 9.13 Å². The number of imidazole rings is 1. The second-order valence-electron chi connectivity index (χ2n) is 4.52. The maximum atomic E-state index is 12.0. The fourth-order valence-electron chi connectivity index (χ4n) is 2.04. The summed E-state index contributed by atoms with van der Waals surface area (Å²) < 4.78 is 17.4. The highest BCUT2D eigenvalue weighted by molar-refractivity contribution is 5.79. The molecule has 0 amide bonds. The molecule has 0 fully saturated rings. The summed E-state index contributed by atoms with van der Waals surface area (Å²) in [6.07, 6.45) is 0.422. The van der Waals surface area contributed by atoms with E-state index in [9.17, 15) is 4.39 Å². The van der Waals surface area contributed by atoms with Gasteiger partial charge in [-0.05, 0) is 36.4 Å². The van der Waals surface area contributed by atoms with Gasteiger partial charge in [-0.25, -0.2) is 4.98 Å².